The number of benzene rings is 2. The van der Waals surface area contributed by atoms with Gasteiger partial charge in [-0.2, -0.15) is 0 Å². The van der Waals surface area contributed by atoms with E-state index in [4.69, 9.17) is 4.74 Å². The van der Waals surface area contributed by atoms with E-state index in [0.717, 1.165) is 81.9 Å². The molecule has 2 heterocycles. The van der Waals surface area contributed by atoms with Gasteiger partial charge in [0.15, 0.2) is 0 Å². The molecule has 2 aromatic carbocycles. The summed E-state index contributed by atoms with van der Waals surface area (Å²) < 4.78 is 5.52. The normalized spacial score (nSPS) is 18.8. The maximum absolute atomic E-state index is 13.0. The van der Waals surface area contributed by atoms with Gasteiger partial charge in [0.05, 0.1) is 18.7 Å². The van der Waals surface area contributed by atoms with Gasteiger partial charge in [-0.1, -0.05) is 30.3 Å². The summed E-state index contributed by atoms with van der Waals surface area (Å²) in [4.78, 5) is 21.4. The number of hydrogen-bond donors (Lipinski definition) is 2. The summed E-state index contributed by atoms with van der Waals surface area (Å²) in [6, 6.07) is 16.6. The number of anilines is 1. The average Bonchev–Trinajstić information content (AvgIpc) is 3.26. The van der Waals surface area contributed by atoms with E-state index >= 15 is 0 Å². The van der Waals surface area contributed by atoms with Gasteiger partial charge in [-0.15, -0.1) is 0 Å². The lowest BCUT2D eigenvalue weighted by atomic mass is 9.86. The zero-order valence-corrected chi connectivity index (χ0v) is 19.5. The van der Waals surface area contributed by atoms with E-state index in [9.17, 15) is 4.79 Å². The molecule has 1 saturated heterocycles. The van der Waals surface area contributed by atoms with Crippen LogP contribution in [0.3, 0.4) is 0 Å². The number of piperazine rings is 1. The predicted molar refractivity (Wildman–Crippen MR) is 133 cm³/mol. The molecule has 174 valence electrons. The van der Waals surface area contributed by atoms with Crippen LogP contribution in [0.15, 0.2) is 48.5 Å². The number of carbonyl (C=O) groups excluding carboxylic acids is 1. The number of para-hydroxylation sites is 3. The quantitative estimate of drug-likeness (QED) is 0.540. The van der Waals surface area contributed by atoms with Crippen molar-refractivity contribution < 1.29 is 9.53 Å². The highest BCUT2D eigenvalue weighted by Crippen LogP contribution is 2.36. The minimum absolute atomic E-state index is 0.0504. The summed E-state index contributed by atoms with van der Waals surface area (Å²) in [5.41, 5.74) is 4.79. The Morgan fingerprint density at radius 3 is 2.73 bits per heavy atom. The Morgan fingerprint density at radius 2 is 1.88 bits per heavy atom. The highest BCUT2D eigenvalue weighted by molar-refractivity contribution is 5.90. The third-order valence-corrected chi connectivity index (χ3v) is 7.18. The number of aryl methyl sites for hydroxylation is 1. The van der Waals surface area contributed by atoms with Crippen molar-refractivity contribution in [3.63, 3.8) is 0 Å². The predicted octanol–water partition coefficient (Wildman–Crippen LogP) is 3.92. The summed E-state index contributed by atoms with van der Waals surface area (Å²) >= 11 is 0. The fraction of sp³-hybridized carbons (Fsp3) is 0.444. The number of rotatable bonds is 7. The van der Waals surface area contributed by atoms with Gasteiger partial charge in [-0.3, -0.25) is 9.69 Å². The minimum Gasteiger partial charge on any atom is -0.495 e. The molecular weight excluding hydrogens is 412 g/mol. The molecule has 0 radical (unpaired) electrons. The van der Waals surface area contributed by atoms with E-state index in [1.54, 1.807) is 7.11 Å². The Labute approximate surface area is 195 Å². The van der Waals surface area contributed by atoms with Crippen LogP contribution in [-0.4, -0.2) is 62.2 Å². The number of H-pyrrole nitrogens is 1. The smallest absolute Gasteiger partial charge is 0.229 e. The lowest BCUT2D eigenvalue weighted by Crippen LogP contribution is -2.47. The molecule has 1 fully saturated rings. The second kappa shape index (κ2) is 9.87. The molecule has 1 aliphatic heterocycles. The van der Waals surface area contributed by atoms with Crippen molar-refractivity contribution in [2.45, 2.75) is 31.6 Å². The second-order valence-corrected chi connectivity index (χ2v) is 9.15. The second-order valence-electron chi connectivity index (χ2n) is 9.15. The molecule has 0 spiro atoms. The van der Waals surface area contributed by atoms with Crippen LogP contribution < -0.4 is 15.0 Å². The highest BCUT2D eigenvalue weighted by Gasteiger charge is 2.29. The summed E-state index contributed by atoms with van der Waals surface area (Å²) in [5, 5.41) is 4.49. The first kappa shape index (κ1) is 21.8. The van der Waals surface area contributed by atoms with Gasteiger partial charge < -0.3 is 19.9 Å². The molecule has 6 heteroatoms. The molecule has 5 rings (SSSR count). The Bertz CT molecular complexity index is 1100. The zero-order valence-electron chi connectivity index (χ0n) is 19.5. The van der Waals surface area contributed by atoms with E-state index in [0.29, 0.717) is 0 Å². The summed E-state index contributed by atoms with van der Waals surface area (Å²) in [6.45, 7) is 5.82. The van der Waals surface area contributed by atoms with Gasteiger partial charge in [-0.05, 0) is 56.0 Å². The Kier molecular flexibility index (Phi) is 6.53. The monoisotopic (exact) mass is 446 g/mol. The molecule has 1 aromatic heterocycles. The number of fused-ring (bicyclic) bond motifs is 3. The third-order valence-electron chi connectivity index (χ3n) is 7.18. The lowest BCUT2D eigenvalue weighted by molar-refractivity contribution is -0.122. The molecule has 1 atom stereocenters. The topological polar surface area (TPSA) is 60.6 Å². The molecular formula is C27H34N4O2. The third kappa shape index (κ3) is 4.58. The van der Waals surface area contributed by atoms with Crippen LogP contribution in [0.25, 0.3) is 10.9 Å². The highest BCUT2D eigenvalue weighted by atomic mass is 16.5. The van der Waals surface area contributed by atoms with Gasteiger partial charge in [0, 0.05) is 49.3 Å². The van der Waals surface area contributed by atoms with Crippen molar-refractivity contribution in [2.24, 2.45) is 0 Å². The van der Waals surface area contributed by atoms with Crippen molar-refractivity contribution >= 4 is 22.5 Å². The molecule has 33 heavy (non-hydrogen) atoms. The van der Waals surface area contributed by atoms with Crippen LogP contribution in [0.4, 0.5) is 5.69 Å². The summed E-state index contributed by atoms with van der Waals surface area (Å²) in [6.07, 6.45) is 4.04. The van der Waals surface area contributed by atoms with Crippen LogP contribution in [-0.2, 0) is 11.2 Å². The van der Waals surface area contributed by atoms with Crippen LogP contribution in [0, 0.1) is 0 Å². The molecule has 3 aromatic rings. The van der Waals surface area contributed by atoms with Gasteiger partial charge in [0.2, 0.25) is 5.91 Å². The zero-order chi connectivity index (χ0) is 22.6. The number of ether oxygens (including phenoxy) is 1. The van der Waals surface area contributed by atoms with Gasteiger partial charge in [0.1, 0.15) is 5.75 Å². The van der Waals surface area contributed by atoms with E-state index in [2.05, 4.69) is 56.5 Å². The van der Waals surface area contributed by atoms with E-state index in [1.807, 2.05) is 12.1 Å². The summed E-state index contributed by atoms with van der Waals surface area (Å²) in [7, 11) is 1.73. The molecule has 2 N–H and O–H groups in total. The molecule has 1 aliphatic carbocycles. The van der Waals surface area contributed by atoms with Crippen LogP contribution >= 0.6 is 0 Å². The fourth-order valence-electron chi connectivity index (χ4n) is 5.42. The number of methoxy groups -OCH3 is 1. The molecule has 0 bridgehead atoms. The van der Waals surface area contributed by atoms with Crippen molar-refractivity contribution in [1.82, 2.24) is 15.2 Å². The standard InChI is InChI=1S/C27H34N4O2/c1-33-25-13-5-4-12-24(25)31-18-16-30(17-19-31)15-7-14-28-27(32)22-10-6-9-21-20-8-2-3-11-23(20)29-26(21)22/h2-5,8,11-13,22,29H,6-7,9-10,14-19H2,1H3,(H,28,32). The Hall–Kier alpha value is -2.99. The van der Waals surface area contributed by atoms with Gasteiger partial charge in [-0.25, -0.2) is 0 Å². The number of nitrogens with one attached hydrogen (secondary N) is 2. The first-order valence-electron chi connectivity index (χ1n) is 12.2. The van der Waals surface area contributed by atoms with Crippen LogP contribution in [0.5, 0.6) is 5.75 Å². The largest absolute Gasteiger partial charge is 0.495 e. The van der Waals surface area contributed by atoms with Crippen molar-refractivity contribution in [1.29, 1.82) is 0 Å². The molecule has 1 amide bonds. The molecule has 1 unspecified atom stereocenters. The molecule has 0 saturated carbocycles. The number of aromatic amines is 1. The Balaban J connectivity index is 1.09. The van der Waals surface area contributed by atoms with E-state index in [-0.39, 0.29) is 11.8 Å². The first-order valence-corrected chi connectivity index (χ1v) is 12.2. The maximum atomic E-state index is 13.0. The number of carbonyl (C=O) groups is 1. The van der Waals surface area contributed by atoms with Crippen molar-refractivity contribution in [3.8, 4) is 5.75 Å². The summed E-state index contributed by atoms with van der Waals surface area (Å²) in [5.74, 6) is 1.06. The minimum atomic E-state index is -0.0504. The first-order chi connectivity index (χ1) is 16.2. The fourth-order valence-corrected chi connectivity index (χ4v) is 5.42. The van der Waals surface area contributed by atoms with E-state index < -0.39 is 0 Å². The number of aromatic nitrogens is 1. The van der Waals surface area contributed by atoms with Gasteiger partial charge >= 0.3 is 0 Å². The van der Waals surface area contributed by atoms with Crippen molar-refractivity contribution in [2.75, 3.05) is 51.3 Å². The maximum Gasteiger partial charge on any atom is 0.229 e. The molecule has 2 aliphatic rings. The van der Waals surface area contributed by atoms with Gasteiger partial charge in [0.25, 0.3) is 0 Å². The SMILES string of the molecule is COc1ccccc1N1CCN(CCCNC(=O)C2CCCc3c2[nH]c2ccccc32)CC1. The average molecular weight is 447 g/mol. The number of amides is 1. The Morgan fingerprint density at radius 1 is 1.09 bits per heavy atom. The van der Waals surface area contributed by atoms with Crippen LogP contribution in [0.2, 0.25) is 0 Å². The number of hydrogen-bond acceptors (Lipinski definition) is 4. The lowest BCUT2D eigenvalue weighted by Gasteiger charge is -2.36. The number of nitrogens with zero attached hydrogens (tertiary/aromatic N) is 2. The van der Waals surface area contributed by atoms with E-state index in [1.165, 1.54) is 16.6 Å². The van der Waals surface area contributed by atoms with Crippen molar-refractivity contribution in [3.05, 3.63) is 59.8 Å². The van der Waals surface area contributed by atoms with Crippen LogP contribution in [0.1, 0.15) is 36.4 Å². The molecule has 6 nitrogen and oxygen atoms in total.